The molecule has 0 fully saturated rings. The summed E-state index contributed by atoms with van der Waals surface area (Å²) in [5, 5.41) is 0. The molecule has 1 atom stereocenters. The molecule has 2 aromatic rings. The number of allylic oxidation sites excluding steroid dienone is 1. The van der Waals surface area contributed by atoms with Crippen LogP contribution in [0.15, 0.2) is 41.7 Å². The number of nitrogen functional groups attached to an aromatic ring is 1. The molecule has 0 amide bonds. The number of nitrogens with two attached hydrogens (primary N) is 1. The molecule has 1 aliphatic rings. The van der Waals surface area contributed by atoms with E-state index >= 15 is 0 Å². The first kappa shape index (κ1) is 16.2. The topological polar surface area (TPSA) is 90.2 Å². The summed E-state index contributed by atoms with van der Waals surface area (Å²) in [6.07, 6.45) is 0. The van der Waals surface area contributed by atoms with Gasteiger partial charge in [0.2, 0.25) is 10.7 Å². The van der Waals surface area contributed by atoms with Gasteiger partial charge in [-0.2, -0.15) is 4.98 Å². The molecule has 0 saturated carbocycles. The number of rotatable bonds is 3. The summed E-state index contributed by atoms with van der Waals surface area (Å²) in [6, 6.07) is 9.56. The molecule has 0 bridgehead atoms. The van der Waals surface area contributed by atoms with E-state index in [0.29, 0.717) is 28.6 Å². The molecule has 2 heterocycles. The fourth-order valence-corrected chi connectivity index (χ4v) is 3.02. The maximum atomic E-state index is 12.5. The summed E-state index contributed by atoms with van der Waals surface area (Å²) in [7, 11) is 0. The third-order valence-corrected chi connectivity index (χ3v) is 3.99. The number of nitrogens with zero attached hydrogens (tertiary/aromatic N) is 1. The van der Waals surface area contributed by atoms with E-state index in [0.717, 1.165) is 5.56 Å². The summed E-state index contributed by atoms with van der Waals surface area (Å²) in [5.41, 5.74) is 8.03. The average Bonchev–Trinajstić information content (AvgIpc) is 2.54. The van der Waals surface area contributed by atoms with Crippen LogP contribution in [0.25, 0.3) is 0 Å². The Labute approximate surface area is 144 Å². The molecule has 6 nitrogen and oxygen atoms in total. The van der Waals surface area contributed by atoms with Gasteiger partial charge in [0, 0.05) is 0 Å². The number of fused-ring (bicyclic) bond motifs is 1. The average molecular weight is 343 g/mol. The number of aromatic nitrogens is 2. The minimum atomic E-state index is -0.437. The Morgan fingerprint density at radius 2 is 2.12 bits per heavy atom. The number of nitrogens with one attached hydrogen (secondary N) is 1. The first-order chi connectivity index (χ1) is 11.5. The molecule has 3 rings (SSSR count). The molecule has 0 spiro atoms. The van der Waals surface area contributed by atoms with Gasteiger partial charge in [0.15, 0.2) is 0 Å². The third kappa shape index (κ3) is 2.78. The SMILES string of the molecule is CCOC(=O)C1=C(C)Oc2nc(=S)[nH]c(N)c2C1c1ccccc1. The fourth-order valence-electron chi connectivity index (χ4n) is 2.83. The molecule has 3 N–H and O–H groups in total. The minimum absolute atomic E-state index is 0.227. The predicted molar refractivity (Wildman–Crippen MR) is 92.1 cm³/mol. The van der Waals surface area contributed by atoms with Crippen LogP contribution in [0.2, 0.25) is 0 Å². The second-order valence-electron chi connectivity index (χ2n) is 5.31. The smallest absolute Gasteiger partial charge is 0.338 e. The van der Waals surface area contributed by atoms with Crippen LogP contribution in [0.3, 0.4) is 0 Å². The molecular formula is C17H17N3O3S. The summed E-state index contributed by atoms with van der Waals surface area (Å²) < 4.78 is 11.2. The molecule has 24 heavy (non-hydrogen) atoms. The highest BCUT2D eigenvalue weighted by Gasteiger charge is 2.37. The second-order valence-corrected chi connectivity index (χ2v) is 5.70. The lowest BCUT2D eigenvalue weighted by atomic mass is 9.83. The van der Waals surface area contributed by atoms with E-state index in [1.807, 2.05) is 30.3 Å². The molecule has 1 aromatic heterocycles. The largest absolute Gasteiger partial charge is 0.463 e. The van der Waals surface area contributed by atoms with Crippen molar-refractivity contribution >= 4 is 24.0 Å². The van der Waals surface area contributed by atoms with Gasteiger partial charge < -0.3 is 20.2 Å². The molecule has 1 aliphatic heterocycles. The van der Waals surface area contributed by atoms with Gasteiger partial charge in [0.25, 0.3) is 0 Å². The van der Waals surface area contributed by atoms with Crippen LogP contribution in [-0.4, -0.2) is 22.5 Å². The highest BCUT2D eigenvalue weighted by molar-refractivity contribution is 7.71. The van der Waals surface area contributed by atoms with Gasteiger partial charge in [-0.15, -0.1) is 0 Å². The van der Waals surface area contributed by atoms with Crippen molar-refractivity contribution in [2.45, 2.75) is 19.8 Å². The summed E-state index contributed by atoms with van der Waals surface area (Å²) in [6.45, 7) is 3.74. The summed E-state index contributed by atoms with van der Waals surface area (Å²) in [4.78, 5) is 19.6. The molecule has 124 valence electrons. The Balaban J connectivity index is 2.26. The number of H-pyrrole nitrogens is 1. The zero-order chi connectivity index (χ0) is 17.3. The van der Waals surface area contributed by atoms with Crippen LogP contribution in [0.5, 0.6) is 5.88 Å². The Hall–Kier alpha value is -2.67. The Morgan fingerprint density at radius 1 is 1.42 bits per heavy atom. The van der Waals surface area contributed by atoms with Crippen LogP contribution < -0.4 is 10.5 Å². The fraction of sp³-hybridized carbons (Fsp3) is 0.235. The lowest BCUT2D eigenvalue weighted by molar-refractivity contribution is -0.139. The van der Waals surface area contributed by atoms with Crippen molar-refractivity contribution < 1.29 is 14.3 Å². The van der Waals surface area contributed by atoms with E-state index in [4.69, 9.17) is 27.4 Å². The van der Waals surface area contributed by atoms with Crippen LogP contribution in [0.1, 0.15) is 30.9 Å². The van der Waals surface area contributed by atoms with E-state index < -0.39 is 11.9 Å². The molecule has 0 saturated heterocycles. The highest BCUT2D eigenvalue weighted by Crippen LogP contribution is 2.44. The van der Waals surface area contributed by atoms with Crippen molar-refractivity contribution in [3.8, 4) is 5.88 Å². The Morgan fingerprint density at radius 3 is 2.79 bits per heavy atom. The number of benzene rings is 1. The van der Waals surface area contributed by atoms with Gasteiger partial charge in [0.05, 0.1) is 23.7 Å². The lowest BCUT2D eigenvalue weighted by Crippen LogP contribution is -2.25. The number of ether oxygens (including phenoxy) is 2. The van der Waals surface area contributed by atoms with Crippen molar-refractivity contribution in [2.75, 3.05) is 12.3 Å². The van der Waals surface area contributed by atoms with Crippen molar-refractivity contribution in [1.82, 2.24) is 9.97 Å². The van der Waals surface area contributed by atoms with E-state index in [9.17, 15) is 4.79 Å². The monoisotopic (exact) mass is 343 g/mol. The van der Waals surface area contributed by atoms with Gasteiger partial charge in [-0.1, -0.05) is 30.3 Å². The van der Waals surface area contributed by atoms with E-state index in [1.165, 1.54) is 0 Å². The zero-order valence-electron chi connectivity index (χ0n) is 13.3. The maximum Gasteiger partial charge on any atom is 0.338 e. The van der Waals surface area contributed by atoms with E-state index in [2.05, 4.69) is 9.97 Å². The Bertz CT molecular complexity index is 874. The van der Waals surface area contributed by atoms with Crippen molar-refractivity contribution in [1.29, 1.82) is 0 Å². The number of esters is 1. The number of hydrogen-bond acceptors (Lipinski definition) is 6. The molecule has 7 heteroatoms. The number of carbonyl (C=O) groups excluding carboxylic acids is 1. The quantitative estimate of drug-likeness (QED) is 0.657. The first-order valence-corrected chi connectivity index (χ1v) is 7.94. The maximum absolute atomic E-state index is 12.5. The second kappa shape index (κ2) is 6.45. The third-order valence-electron chi connectivity index (χ3n) is 3.80. The van der Waals surface area contributed by atoms with Gasteiger partial charge >= 0.3 is 5.97 Å². The number of hydrogen-bond donors (Lipinski definition) is 2. The predicted octanol–water partition coefficient (Wildman–Crippen LogP) is 3.08. The zero-order valence-corrected chi connectivity index (χ0v) is 14.1. The summed E-state index contributed by atoms with van der Waals surface area (Å²) in [5.74, 6) is 0.204. The van der Waals surface area contributed by atoms with Gasteiger partial charge in [-0.05, 0) is 31.6 Å². The molecule has 0 aliphatic carbocycles. The van der Waals surface area contributed by atoms with Crippen molar-refractivity contribution in [2.24, 2.45) is 0 Å². The Kier molecular flexibility index (Phi) is 4.35. The van der Waals surface area contributed by atoms with E-state index in [-0.39, 0.29) is 11.4 Å². The van der Waals surface area contributed by atoms with Crippen LogP contribution >= 0.6 is 12.2 Å². The van der Waals surface area contributed by atoms with Crippen LogP contribution in [0.4, 0.5) is 5.82 Å². The van der Waals surface area contributed by atoms with Crippen LogP contribution in [0, 0.1) is 4.77 Å². The van der Waals surface area contributed by atoms with Gasteiger partial charge in [-0.3, -0.25) is 0 Å². The highest BCUT2D eigenvalue weighted by atomic mass is 32.1. The summed E-state index contributed by atoms with van der Waals surface area (Å²) >= 11 is 5.07. The van der Waals surface area contributed by atoms with Gasteiger partial charge in [-0.25, -0.2) is 4.79 Å². The van der Waals surface area contributed by atoms with Crippen LogP contribution in [-0.2, 0) is 9.53 Å². The standard InChI is InChI=1S/C17H17N3O3S/c1-3-22-16(21)11-9(2)23-15-13(14(18)19-17(24)20-15)12(11)10-7-5-4-6-8-10/h4-8,12H,3H2,1-2H3,(H3,18,19,20,24). The minimum Gasteiger partial charge on any atom is -0.463 e. The van der Waals surface area contributed by atoms with Crippen molar-refractivity contribution in [3.63, 3.8) is 0 Å². The number of anilines is 1. The molecule has 0 radical (unpaired) electrons. The van der Waals surface area contributed by atoms with E-state index in [1.54, 1.807) is 13.8 Å². The van der Waals surface area contributed by atoms with Crippen molar-refractivity contribution in [3.05, 3.63) is 57.6 Å². The molecule has 1 aromatic carbocycles. The van der Waals surface area contributed by atoms with Gasteiger partial charge in [0.1, 0.15) is 11.6 Å². The normalized spacial score (nSPS) is 16.3. The number of carbonyl (C=O) groups is 1. The molecular weight excluding hydrogens is 326 g/mol. The first-order valence-electron chi connectivity index (χ1n) is 7.53. The lowest BCUT2D eigenvalue weighted by Gasteiger charge is -2.28. The number of aromatic amines is 1. The molecule has 1 unspecified atom stereocenters.